The lowest BCUT2D eigenvalue weighted by Gasteiger charge is -2.17. The monoisotopic (exact) mass is 225 g/mol. The predicted octanol–water partition coefficient (Wildman–Crippen LogP) is 0.418. The van der Waals surface area contributed by atoms with Crippen LogP contribution in [0.3, 0.4) is 0 Å². The number of nitrogens with one attached hydrogen (secondary N) is 1. The van der Waals surface area contributed by atoms with Crippen molar-refractivity contribution in [2.75, 3.05) is 20.6 Å². The van der Waals surface area contributed by atoms with Gasteiger partial charge in [-0.2, -0.15) is 0 Å². The summed E-state index contributed by atoms with van der Waals surface area (Å²) < 4.78 is 5.25. The summed E-state index contributed by atoms with van der Waals surface area (Å²) >= 11 is 0. The Bertz CT molecular complexity index is 347. The number of likely N-dealkylation sites (N-methyl/N-ethyl adjacent to an activating group) is 1. The van der Waals surface area contributed by atoms with Crippen LogP contribution in [0.25, 0.3) is 0 Å². The van der Waals surface area contributed by atoms with Crippen molar-refractivity contribution in [3.05, 3.63) is 23.7 Å². The average Bonchev–Trinajstić information content (AvgIpc) is 2.64. The van der Waals surface area contributed by atoms with Gasteiger partial charge in [-0.15, -0.1) is 0 Å². The van der Waals surface area contributed by atoms with Gasteiger partial charge in [-0.1, -0.05) is 0 Å². The summed E-state index contributed by atoms with van der Waals surface area (Å²) in [5, 5.41) is 2.85. The Morgan fingerprint density at radius 1 is 1.56 bits per heavy atom. The fourth-order valence-electron chi connectivity index (χ4n) is 1.50. The first-order valence-electron chi connectivity index (χ1n) is 5.27. The smallest absolute Gasteiger partial charge is 0.287 e. The molecular weight excluding hydrogens is 206 g/mol. The zero-order valence-electron chi connectivity index (χ0n) is 9.99. The molecule has 0 radical (unpaired) electrons. The van der Waals surface area contributed by atoms with Gasteiger partial charge in [0.25, 0.3) is 5.91 Å². The Labute approximate surface area is 95.6 Å². The number of hydrogen-bond donors (Lipinski definition) is 2. The van der Waals surface area contributed by atoms with Crippen LogP contribution in [-0.4, -0.2) is 37.5 Å². The van der Waals surface area contributed by atoms with Gasteiger partial charge in [0, 0.05) is 12.6 Å². The number of carbonyl (C=O) groups excluding carboxylic acids is 1. The lowest BCUT2D eigenvalue weighted by atomic mass is 10.3. The molecule has 16 heavy (non-hydrogen) atoms. The van der Waals surface area contributed by atoms with E-state index < -0.39 is 0 Å². The van der Waals surface area contributed by atoms with Gasteiger partial charge >= 0.3 is 0 Å². The largest absolute Gasteiger partial charge is 0.455 e. The van der Waals surface area contributed by atoms with E-state index in [0.29, 0.717) is 18.1 Å². The highest BCUT2D eigenvalue weighted by molar-refractivity contribution is 5.91. The van der Waals surface area contributed by atoms with E-state index >= 15 is 0 Å². The molecule has 1 amide bonds. The molecule has 0 aromatic carbocycles. The van der Waals surface area contributed by atoms with E-state index in [2.05, 4.69) is 5.32 Å². The van der Waals surface area contributed by atoms with Gasteiger partial charge in [-0.05, 0) is 33.2 Å². The number of carbonyl (C=O) groups is 1. The minimum Gasteiger partial charge on any atom is -0.455 e. The van der Waals surface area contributed by atoms with E-state index in [0.717, 1.165) is 6.54 Å². The molecule has 1 unspecified atom stereocenters. The summed E-state index contributed by atoms with van der Waals surface area (Å²) in [6.45, 7) is 3.04. The Morgan fingerprint density at radius 2 is 2.25 bits per heavy atom. The molecule has 1 heterocycles. The highest BCUT2D eigenvalue weighted by Gasteiger charge is 2.13. The first-order chi connectivity index (χ1) is 7.52. The number of rotatable bonds is 5. The van der Waals surface area contributed by atoms with Crippen LogP contribution in [0.1, 0.15) is 23.2 Å². The Hall–Kier alpha value is -1.33. The van der Waals surface area contributed by atoms with E-state index in [1.54, 1.807) is 12.1 Å². The molecule has 1 atom stereocenters. The fraction of sp³-hybridized carbons (Fsp3) is 0.545. The van der Waals surface area contributed by atoms with Gasteiger partial charge in [0.15, 0.2) is 5.76 Å². The van der Waals surface area contributed by atoms with Crippen molar-refractivity contribution in [1.82, 2.24) is 10.2 Å². The van der Waals surface area contributed by atoms with Gasteiger partial charge in [-0.3, -0.25) is 4.79 Å². The van der Waals surface area contributed by atoms with E-state index in [1.807, 2.05) is 25.9 Å². The molecule has 1 aromatic heterocycles. The Kier molecular flexibility index (Phi) is 4.52. The van der Waals surface area contributed by atoms with Gasteiger partial charge in [0.1, 0.15) is 5.76 Å². The lowest BCUT2D eigenvalue weighted by Crippen LogP contribution is -2.39. The maximum atomic E-state index is 11.7. The number of furan rings is 1. The summed E-state index contributed by atoms with van der Waals surface area (Å²) in [5.74, 6) is 0.727. The zero-order chi connectivity index (χ0) is 12.1. The second kappa shape index (κ2) is 5.67. The molecule has 1 aromatic rings. The molecule has 3 N–H and O–H groups in total. The second-order valence-corrected chi connectivity index (χ2v) is 4.11. The quantitative estimate of drug-likeness (QED) is 0.761. The molecule has 90 valence electrons. The van der Waals surface area contributed by atoms with Crippen LogP contribution in [-0.2, 0) is 6.54 Å². The Morgan fingerprint density at radius 3 is 2.75 bits per heavy atom. The molecule has 0 aliphatic rings. The van der Waals surface area contributed by atoms with Crippen LogP contribution >= 0.6 is 0 Å². The van der Waals surface area contributed by atoms with Crippen molar-refractivity contribution >= 4 is 5.91 Å². The highest BCUT2D eigenvalue weighted by Crippen LogP contribution is 2.07. The van der Waals surface area contributed by atoms with Crippen molar-refractivity contribution < 1.29 is 9.21 Å². The predicted molar refractivity (Wildman–Crippen MR) is 62.1 cm³/mol. The van der Waals surface area contributed by atoms with Crippen LogP contribution in [0.15, 0.2) is 16.5 Å². The third-order valence-corrected chi connectivity index (χ3v) is 2.10. The van der Waals surface area contributed by atoms with Crippen LogP contribution in [0.5, 0.6) is 0 Å². The fourth-order valence-corrected chi connectivity index (χ4v) is 1.50. The Balaban J connectivity index is 2.51. The van der Waals surface area contributed by atoms with Gasteiger partial charge in [0.2, 0.25) is 0 Å². The number of amides is 1. The highest BCUT2D eigenvalue weighted by atomic mass is 16.4. The molecule has 1 rings (SSSR count). The summed E-state index contributed by atoms with van der Waals surface area (Å²) in [4.78, 5) is 13.7. The normalized spacial score (nSPS) is 12.8. The summed E-state index contributed by atoms with van der Waals surface area (Å²) in [7, 11) is 3.92. The molecule has 0 aliphatic carbocycles. The number of nitrogens with zero attached hydrogens (tertiary/aromatic N) is 1. The molecule has 5 heteroatoms. The van der Waals surface area contributed by atoms with Crippen molar-refractivity contribution in [3.8, 4) is 0 Å². The maximum absolute atomic E-state index is 11.7. The number of hydrogen-bond acceptors (Lipinski definition) is 4. The van der Waals surface area contributed by atoms with Crippen molar-refractivity contribution in [2.45, 2.75) is 19.5 Å². The minimum atomic E-state index is -0.200. The molecule has 0 aliphatic heterocycles. The molecule has 0 saturated carbocycles. The lowest BCUT2D eigenvalue weighted by molar-refractivity contribution is 0.0904. The van der Waals surface area contributed by atoms with E-state index in [4.69, 9.17) is 10.2 Å². The molecule has 0 spiro atoms. The molecular formula is C11H19N3O2. The standard InChI is InChI=1S/C11H19N3O2/c1-8(7-14(2)3)13-11(15)10-5-4-9(6-12)16-10/h4-5,8H,6-7,12H2,1-3H3,(H,13,15). The van der Waals surface area contributed by atoms with Crippen LogP contribution in [0.4, 0.5) is 0 Å². The van der Waals surface area contributed by atoms with Gasteiger partial charge in [-0.25, -0.2) is 0 Å². The second-order valence-electron chi connectivity index (χ2n) is 4.11. The summed E-state index contributed by atoms with van der Waals surface area (Å²) in [6, 6.07) is 3.43. The summed E-state index contributed by atoms with van der Waals surface area (Å²) in [5.41, 5.74) is 5.40. The van der Waals surface area contributed by atoms with Gasteiger partial charge in [0.05, 0.1) is 6.54 Å². The third kappa shape index (κ3) is 3.67. The number of nitrogens with two attached hydrogens (primary N) is 1. The first-order valence-corrected chi connectivity index (χ1v) is 5.27. The molecule has 0 bridgehead atoms. The van der Waals surface area contributed by atoms with Crippen molar-refractivity contribution in [3.63, 3.8) is 0 Å². The van der Waals surface area contributed by atoms with Crippen LogP contribution in [0, 0.1) is 0 Å². The van der Waals surface area contributed by atoms with Crippen LogP contribution in [0.2, 0.25) is 0 Å². The van der Waals surface area contributed by atoms with Crippen LogP contribution < -0.4 is 11.1 Å². The topological polar surface area (TPSA) is 71.5 Å². The van der Waals surface area contributed by atoms with Gasteiger partial charge < -0.3 is 20.4 Å². The van der Waals surface area contributed by atoms with E-state index in [1.165, 1.54) is 0 Å². The van der Waals surface area contributed by atoms with E-state index in [-0.39, 0.29) is 11.9 Å². The minimum absolute atomic E-state index is 0.0777. The average molecular weight is 225 g/mol. The SMILES string of the molecule is CC(CN(C)C)NC(=O)c1ccc(CN)o1. The first kappa shape index (κ1) is 12.7. The molecule has 5 nitrogen and oxygen atoms in total. The molecule has 0 fully saturated rings. The van der Waals surface area contributed by atoms with Crippen molar-refractivity contribution in [2.24, 2.45) is 5.73 Å². The summed E-state index contributed by atoms with van der Waals surface area (Å²) in [6.07, 6.45) is 0. The third-order valence-electron chi connectivity index (χ3n) is 2.10. The van der Waals surface area contributed by atoms with Crippen molar-refractivity contribution in [1.29, 1.82) is 0 Å². The molecule has 0 saturated heterocycles. The van der Waals surface area contributed by atoms with E-state index in [9.17, 15) is 4.79 Å². The zero-order valence-corrected chi connectivity index (χ0v) is 9.99. The maximum Gasteiger partial charge on any atom is 0.287 e.